The summed E-state index contributed by atoms with van der Waals surface area (Å²) < 4.78 is 31.9. The molecule has 0 radical (unpaired) electrons. The third-order valence-electron chi connectivity index (χ3n) is 2.05. The topological polar surface area (TPSA) is 77.4 Å². The van der Waals surface area contributed by atoms with Gasteiger partial charge in [-0.3, -0.25) is 0 Å². The number of hydrogen-bond acceptors (Lipinski definition) is 4. The largest absolute Gasteiger partial charge is 1.00 e. The Kier molecular flexibility index (Phi) is 11.3. The molecule has 4 nitrogen and oxygen atoms in total. The van der Waals surface area contributed by atoms with Crippen molar-refractivity contribution in [3.63, 3.8) is 0 Å². The van der Waals surface area contributed by atoms with Gasteiger partial charge < -0.3 is 9.66 Å². The number of hydrogen-bond donors (Lipinski definition) is 1. The summed E-state index contributed by atoms with van der Waals surface area (Å²) in [6, 6.07) is 0. The molecule has 0 rings (SSSR count). The Morgan fingerprint density at radius 2 is 1.86 bits per heavy atom. The van der Waals surface area contributed by atoms with Gasteiger partial charge in [0.25, 0.3) is 0 Å². The third-order valence-corrected chi connectivity index (χ3v) is 3.43. The second kappa shape index (κ2) is 9.12. The van der Waals surface area contributed by atoms with Crippen LogP contribution in [0, 0.1) is 0 Å². The van der Waals surface area contributed by atoms with Crippen molar-refractivity contribution in [1.82, 2.24) is 0 Å². The van der Waals surface area contributed by atoms with Gasteiger partial charge in [-0.05, 0) is 19.3 Å². The first-order valence-corrected chi connectivity index (χ1v) is 6.05. The zero-order valence-electron chi connectivity index (χ0n) is 8.90. The third kappa shape index (κ3) is 8.20. The zero-order valence-corrected chi connectivity index (χ0v) is 11.7. The van der Waals surface area contributed by atoms with Gasteiger partial charge >= 0.3 is 29.6 Å². The summed E-state index contributed by atoms with van der Waals surface area (Å²) in [5, 5.41) is 7.72. The molecule has 0 amide bonds. The second-order valence-corrected chi connectivity index (χ2v) is 4.75. The molecule has 80 valence electrons. The Labute approximate surface area is 108 Å². The van der Waals surface area contributed by atoms with Gasteiger partial charge in [0.1, 0.15) is 0 Å². The van der Waals surface area contributed by atoms with E-state index in [9.17, 15) is 13.0 Å². The van der Waals surface area contributed by atoms with Crippen molar-refractivity contribution in [3.8, 4) is 0 Å². The number of aliphatic hydroxyl groups is 1. The summed E-state index contributed by atoms with van der Waals surface area (Å²) in [6.45, 7) is 1.83. The summed E-state index contributed by atoms with van der Waals surface area (Å²) in [7, 11) is -4.11. The summed E-state index contributed by atoms with van der Waals surface area (Å²) in [5.74, 6) is 0. The minimum absolute atomic E-state index is 0. The quantitative estimate of drug-likeness (QED) is 0.309. The van der Waals surface area contributed by atoms with E-state index in [1.165, 1.54) is 0 Å². The molecule has 0 saturated carbocycles. The maximum absolute atomic E-state index is 10.6. The van der Waals surface area contributed by atoms with Crippen LogP contribution in [0.5, 0.6) is 0 Å². The van der Waals surface area contributed by atoms with Crippen LogP contribution >= 0.6 is 0 Å². The van der Waals surface area contributed by atoms with Crippen molar-refractivity contribution >= 4 is 10.1 Å². The molecule has 1 N–H and O–H groups in total. The molecule has 6 heteroatoms. The van der Waals surface area contributed by atoms with Gasteiger partial charge in [-0.1, -0.05) is 19.8 Å². The van der Waals surface area contributed by atoms with Gasteiger partial charge in [0, 0.05) is 11.9 Å². The van der Waals surface area contributed by atoms with Gasteiger partial charge in [0.2, 0.25) is 0 Å². The van der Waals surface area contributed by atoms with Crippen molar-refractivity contribution in [1.29, 1.82) is 0 Å². The number of aliphatic hydroxyl groups excluding tert-OH is 1. The molecular formula is C8H17NaO4S. The molecule has 0 spiro atoms. The molecule has 14 heavy (non-hydrogen) atoms. The van der Waals surface area contributed by atoms with Crippen molar-refractivity contribution in [2.24, 2.45) is 0 Å². The Morgan fingerprint density at radius 1 is 1.29 bits per heavy atom. The van der Waals surface area contributed by atoms with Crippen molar-refractivity contribution < 1.29 is 47.6 Å². The Bertz CT molecular complexity index is 215. The standard InChI is InChI=1S/C8H18O4S.Na/c1-2-8(13(10,11)12)6-4-3-5-7-9;/h8-9H,2-7H2,1H3,(H,10,11,12);/q;+1/p-1. The van der Waals surface area contributed by atoms with E-state index in [-0.39, 0.29) is 36.2 Å². The first-order valence-electron chi connectivity index (χ1n) is 4.58. The predicted octanol–water partition coefficient (Wildman–Crippen LogP) is -2.13. The molecule has 0 bridgehead atoms. The fraction of sp³-hybridized carbons (Fsp3) is 1.00. The average molecular weight is 232 g/mol. The van der Waals surface area contributed by atoms with Crippen LogP contribution in [-0.2, 0) is 10.1 Å². The minimum Gasteiger partial charge on any atom is -0.748 e. The van der Waals surface area contributed by atoms with E-state index >= 15 is 0 Å². The van der Waals surface area contributed by atoms with E-state index in [4.69, 9.17) is 5.11 Å². The average Bonchev–Trinajstić information content (AvgIpc) is 2.02. The Morgan fingerprint density at radius 3 is 2.21 bits per heavy atom. The zero-order chi connectivity index (χ0) is 10.3. The van der Waals surface area contributed by atoms with E-state index in [1.54, 1.807) is 6.92 Å². The molecule has 1 atom stereocenters. The first-order chi connectivity index (χ1) is 6.02. The van der Waals surface area contributed by atoms with E-state index in [0.717, 1.165) is 6.42 Å². The number of rotatable bonds is 7. The predicted molar refractivity (Wildman–Crippen MR) is 49.3 cm³/mol. The van der Waals surface area contributed by atoms with E-state index in [0.29, 0.717) is 25.7 Å². The van der Waals surface area contributed by atoms with Crippen LogP contribution in [0.25, 0.3) is 0 Å². The van der Waals surface area contributed by atoms with E-state index < -0.39 is 15.4 Å². The maximum atomic E-state index is 10.6. The normalized spacial score (nSPS) is 13.4. The van der Waals surface area contributed by atoms with Crippen LogP contribution in [0.3, 0.4) is 0 Å². The van der Waals surface area contributed by atoms with Gasteiger partial charge in [0.05, 0.1) is 10.1 Å². The molecule has 0 aromatic heterocycles. The van der Waals surface area contributed by atoms with Crippen LogP contribution in [-0.4, -0.2) is 29.9 Å². The molecule has 0 aromatic rings. The van der Waals surface area contributed by atoms with Crippen LogP contribution in [0.1, 0.15) is 39.0 Å². The maximum Gasteiger partial charge on any atom is 1.00 e. The smallest absolute Gasteiger partial charge is 0.748 e. The molecule has 0 aliphatic heterocycles. The van der Waals surface area contributed by atoms with Crippen molar-refractivity contribution in [2.45, 2.75) is 44.3 Å². The van der Waals surface area contributed by atoms with Crippen LogP contribution in [0.2, 0.25) is 0 Å². The molecule has 0 aromatic carbocycles. The molecule has 1 unspecified atom stereocenters. The Balaban J connectivity index is 0. The van der Waals surface area contributed by atoms with Crippen LogP contribution in [0.15, 0.2) is 0 Å². The molecule has 0 saturated heterocycles. The summed E-state index contributed by atoms with van der Waals surface area (Å²) in [5.41, 5.74) is 0. The van der Waals surface area contributed by atoms with Crippen molar-refractivity contribution in [2.75, 3.05) is 6.61 Å². The molecular weight excluding hydrogens is 215 g/mol. The summed E-state index contributed by atoms with van der Waals surface area (Å²) in [4.78, 5) is 0. The molecule has 0 fully saturated rings. The van der Waals surface area contributed by atoms with Crippen molar-refractivity contribution in [3.05, 3.63) is 0 Å². The summed E-state index contributed by atoms with van der Waals surface area (Å²) in [6.07, 6.45) is 2.95. The van der Waals surface area contributed by atoms with Gasteiger partial charge in [0.15, 0.2) is 0 Å². The second-order valence-electron chi connectivity index (χ2n) is 3.10. The number of unbranched alkanes of at least 4 members (excludes halogenated alkanes) is 2. The molecule has 0 aliphatic rings. The fourth-order valence-electron chi connectivity index (χ4n) is 1.21. The van der Waals surface area contributed by atoms with E-state index in [2.05, 4.69) is 0 Å². The van der Waals surface area contributed by atoms with E-state index in [1.807, 2.05) is 0 Å². The Hall–Kier alpha value is 0.870. The molecule has 0 aliphatic carbocycles. The SMILES string of the molecule is CCC(CCCCCO)S(=O)(=O)[O-].[Na+]. The summed E-state index contributed by atoms with van der Waals surface area (Å²) >= 11 is 0. The van der Waals surface area contributed by atoms with Gasteiger partial charge in [-0.25, -0.2) is 8.42 Å². The fourth-order valence-corrected chi connectivity index (χ4v) is 2.08. The first kappa shape index (κ1) is 17.3. The van der Waals surface area contributed by atoms with Gasteiger partial charge in [-0.2, -0.15) is 0 Å². The molecule has 0 heterocycles. The van der Waals surface area contributed by atoms with Crippen LogP contribution in [0.4, 0.5) is 0 Å². The minimum atomic E-state index is -4.11. The monoisotopic (exact) mass is 232 g/mol. The van der Waals surface area contributed by atoms with Gasteiger partial charge in [-0.15, -0.1) is 0 Å². The van der Waals surface area contributed by atoms with Crippen LogP contribution < -0.4 is 29.6 Å².